The van der Waals surface area contributed by atoms with E-state index in [0.29, 0.717) is 39.3 Å². The Kier molecular flexibility index (Phi) is 4.13. The second-order valence-corrected chi connectivity index (χ2v) is 6.21. The number of aldehydes is 1. The summed E-state index contributed by atoms with van der Waals surface area (Å²) in [5, 5.41) is 0. The first-order chi connectivity index (χ1) is 8.16. The molecule has 6 nitrogen and oxygen atoms in total. The van der Waals surface area contributed by atoms with Crippen molar-refractivity contribution < 1.29 is 17.9 Å². The van der Waals surface area contributed by atoms with Crippen LogP contribution in [0.1, 0.15) is 19.3 Å². The molecule has 2 rings (SSSR count). The molecule has 17 heavy (non-hydrogen) atoms. The molecule has 2 fully saturated rings. The Morgan fingerprint density at radius 2 is 1.82 bits per heavy atom. The summed E-state index contributed by atoms with van der Waals surface area (Å²) >= 11 is 0. The van der Waals surface area contributed by atoms with Gasteiger partial charge in [0.2, 0.25) is 0 Å². The highest BCUT2D eigenvalue weighted by molar-refractivity contribution is 7.86. The third-order valence-corrected chi connectivity index (χ3v) is 5.31. The van der Waals surface area contributed by atoms with Crippen LogP contribution in [0.25, 0.3) is 0 Å². The Labute approximate surface area is 102 Å². The van der Waals surface area contributed by atoms with E-state index in [1.165, 1.54) is 8.61 Å². The number of hydrogen-bond donors (Lipinski definition) is 0. The molecule has 0 N–H and O–H groups in total. The predicted molar refractivity (Wildman–Crippen MR) is 61.7 cm³/mol. The minimum absolute atomic E-state index is 0.379. The number of carbonyl (C=O) groups excluding carboxylic acids is 1. The zero-order chi connectivity index (χ0) is 12.3. The lowest BCUT2D eigenvalue weighted by Gasteiger charge is -2.36. The van der Waals surface area contributed by atoms with E-state index in [1.807, 2.05) is 0 Å². The molecule has 0 aromatic rings. The van der Waals surface area contributed by atoms with E-state index >= 15 is 0 Å². The van der Waals surface area contributed by atoms with Gasteiger partial charge < -0.3 is 9.53 Å². The van der Waals surface area contributed by atoms with Crippen LogP contribution in [0, 0.1) is 0 Å². The highest BCUT2D eigenvalue weighted by atomic mass is 32.2. The summed E-state index contributed by atoms with van der Waals surface area (Å²) in [7, 11) is -3.49. The average Bonchev–Trinajstić information content (AvgIpc) is 2.39. The molecule has 0 bridgehead atoms. The van der Waals surface area contributed by atoms with E-state index < -0.39 is 16.3 Å². The van der Waals surface area contributed by atoms with Crippen molar-refractivity contribution in [3.8, 4) is 0 Å². The normalized spacial score (nSPS) is 29.1. The molecule has 1 atom stereocenters. The molecule has 1 unspecified atom stereocenters. The lowest BCUT2D eigenvalue weighted by atomic mass is 10.1. The van der Waals surface area contributed by atoms with E-state index in [0.717, 1.165) is 19.1 Å². The summed E-state index contributed by atoms with van der Waals surface area (Å²) in [4.78, 5) is 11.0. The first-order valence-electron chi connectivity index (χ1n) is 5.96. The van der Waals surface area contributed by atoms with Gasteiger partial charge in [0.25, 0.3) is 10.2 Å². The molecular weight excluding hydrogens is 244 g/mol. The zero-order valence-corrected chi connectivity index (χ0v) is 10.6. The van der Waals surface area contributed by atoms with Gasteiger partial charge in [-0.05, 0) is 12.8 Å². The van der Waals surface area contributed by atoms with Crippen LogP contribution in [0.2, 0.25) is 0 Å². The van der Waals surface area contributed by atoms with Crippen molar-refractivity contribution in [2.45, 2.75) is 25.3 Å². The molecule has 0 aromatic carbocycles. The molecule has 0 aromatic heterocycles. The molecule has 98 valence electrons. The van der Waals surface area contributed by atoms with Crippen molar-refractivity contribution in [1.29, 1.82) is 0 Å². The summed E-state index contributed by atoms with van der Waals surface area (Å²) < 4.78 is 32.6. The Balaban J connectivity index is 2.14. The molecule has 0 radical (unpaired) electrons. The highest BCUT2D eigenvalue weighted by Gasteiger charge is 2.36. The van der Waals surface area contributed by atoms with Gasteiger partial charge >= 0.3 is 0 Å². The summed E-state index contributed by atoms with van der Waals surface area (Å²) in [6, 6.07) is -0.489. The largest absolute Gasteiger partial charge is 0.379 e. The monoisotopic (exact) mass is 262 g/mol. The van der Waals surface area contributed by atoms with Crippen molar-refractivity contribution in [2.75, 3.05) is 32.8 Å². The maximum atomic E-state index is 12.3. The molecule has 0 saturated carbocycles. The molecule has 2 aliphatic rings. The second-order valence-electron chi connectivity index (χ2n) is 4.33. The number of piperidine rings is 1. The first-order valence-corrected chi connectivity index (χ1v) is 7.36. The minimum Gasteiger partial charge on any atom is -0.379 e. The molecule has 0 spiro atoms. The molecular formula is C10H18N2O4S. The number of hydrogen-bond acceptors (Lipinski definition) is 4. The molecule has 7 heteroatoms. The van der Waals surface area contributed by atoms with Crippen LogP contribution in [0.4, 0.5) is 0 Å². The van der Waals surface area contributed by atoms with E-state index in [1.54, 1.807) is 0 Å². The third-order valence-electron chi connectivity index (χ3n) is 3.25. The van der Waals surface area contributed by atoms with E-state index in [-0.39, 0.29) is 0 Å². The molecule has 2 aliphatic heterocycles. The summed E-state index contributed by atoms with van der Waals surface area (Å²) in [5.74, 6) is 0. The fraction of sp³-hybridized carbons (Fsp3) is 0.900. The van der Waals surface area contributed by atoms with Gasteiger partial charge in [0.05, 0.1) is 19.3 Å². The smallest absolute Gasteiger partial charge is 0.282 e. The van der Waals surface area contributed by atoms with Gasteiger partial charge in [-0.15, -0.1) is 0 Å². The highest BCUT2D eigenvalue weighted by Crippen LogP contribution is 2.22. The average molecular weight is 262 g/mol. The third kappa shape index (κ3) is 2.67. The van der Waals surface area contributed by atoms with Gasteiger partial charge in [0.15, 0.2) is 0 Å². The van der Waals surface area contributed by atoms with Crippen LogP contribution < -0.4 is 0 Å². The summed E-state index contributed by atoms with van der Waals surface area (Å²) in [6.45, 7) is 2.07. The van der Waals surface area contributed by atoms with Gasteiger partial charge in [-0.25, -0.2) is 0 Å². The SMILES string of the molecule is O=CC1CCCCN1S(=O)(=O)N1CCOCC1. The zero-order valence-electron chi connectivity index (χ0n) is 9.75. The maximum absolute atomic E-state index is 12.3. The van der Waals surface area contributed by atoms with E-state index in [9.17, 15) is 13.2 Å². The number of carbonyl (C=O) groups is 1. The molecule has 2 heterocycles. The van der Waals surface area contributed by atoms with Crippen LogP contribution in [0.5, 0.6) is 0 Å². The van der Waals surface area contributed by atoms with Crippen molar-refractivity contribution in [1.82, 2.24) is 8.61 Å². The van der Waals surface area contributed by atoms with E-state index in [4.69, 9.17) is 4.74 Å². The van der Waals surface area contributed by atoms with Gasteiger partial charge in [0, 0.05) is 19.6 Å². The lowest BCUT2D eigenvalue weighted by Crippen LogP contribution is -2.53. The fourth-order valence-electron chi connectivity index (χ4n) is 2.28. The predicted octanol–water partition coefficient (Wildman–Crippen LogP) is -0.383. The van der Waals surface area contributed by atoms with Crippen LogP contribution in [0.15, 0.2) is 0 Å². The Bertz CT molecular complexity index is 365. The number of morpholine rings is 1. The topological polar surface area (TPSA) is 66.9 Å². The Morgan fingerprint density at radius 3 is 2.47 bits per heavy atom. The van der Waals surface area contributed by atoms with E-state index in [2.05, 4.69) is 0 Å². The molecule has 0 amide bonds. The second kappa shape index (κ2) is 5.43. The number of ether oxygens (including phenoxy) is 1. The van der Waals surface area contributed by atoms with Gasteiger partial charge in [-0.2, -0.15) is 17.0 Å². The standard InChI is InChI=1S/C10H18N2O4S/c13-9-10-3-1-2-4-12(10)17(14,15)11-5-7-16-8-6-11/h9-10H,1-8H2. The van der Waals surface area contributed by atoms with Crippen molar-refractivity contribution >= 4 is 16.5 Å². The summed E-state index contributed by atoms with van der Waals surface area (Å²) in [5.41, 5.74) is 0. The summed E-state index contributed by atoms with van der Waals surface area (Å²) in [6.07, 6.45) is 3.12. The van der Waals surface area contributed by atoms with Crippen LogP contribution in [0.3, 0.4) is 0 Å². The molecule has 0 aliphatic carbocycles. The van der Waals surface area contributed by atoms with Crippen LogP contribution >= 0.6 is 0 Å². The van der Waals surface area contributed by atoms with Crippen LogP contribution in [-0.4, -0.2) is 62.2 Å². The van der Waals surface area contributed by atoms with Gasteiger partial charge in [-0.3, -0.25) is 0 Å². The van der Waals surface area contributed by atoms with Crippen LogP contribution in [-0.2, 0) is 19.7 Å². The van der Waals surface area contributed by atoms with Gasteiger partial charge in [-0.1, -0.05) is 6.42 Å². The van der Waals surface area contributed by atoms with Crippen molar-refractivity contribution in [2.24, 2.45) is 0 Å². The minimum atomic E-state index is -3.49. The number of nitrogens with zero attached hydrogens (tertiary/aromatic N) is 2. The Morgan fingerprint density at radius 1 is 1.12 bits per heavy atom. The lowest BCUT2D eigenvalue weighted by molar-refractivity contribution is -0.111. The fourth-order valence-corrected chi connectivity index (χ4v) is 4.04. The quantitative estimate of drug-likeness (QED) is 0.650. The Hall–Kier alpha value is -0.500. The first kappa shape index (κ1) is 12.9. The molecule has 2 saturated heterocycles. The van der Waals surface area contributed by atoms with Crippen molar-refractivity contribution in [3.05, 3.63) is 0 Å². The maximum Gasteiger partial charge on any atom is 0.282 e. The van der Waals surface area contributed by atoms with Gasteiger partial charge in [0.1, 0.15) is 6.29 Å². The van der Waals surface area contributed by atoms with Crippen molar-refractivity contribution in [3.63, 3.8) is 0 Å². The number of rotatable bonds is 3.